The number of halogens is 4. The van der Waals surface area contributed by atoms with Crippen molar-refractivity contribution in [3.63, 3.8) is 0 Å². The van der Waals surface area contributed by atoms with Crippen LogP contribution in [0.1, 0.15) is 24.0 Å². The van der Waals surface area contributed by atoms with Gasteiger partial charge in [-0.1, -0.05) is 91.5 Å². The summed E-state index contributed by atoms with van der Waals surface area (Å²) in [5.41, 5.74) is 4.95. The van der Waals surface area contributed by atoms with Crippen LogP contribution >= 0.6 is 55.1 Å². The highest BCUT2D eigenvalue weighted by atomic mass is 79.9. The normalized spacial score (nSPS) is 11.4. The van der Waals surface area contributed by atoms with Crippen LogP contribution in [0.4, 0.5) is 0 Å². The molecular formula is C25H23Br2Cl2N3. The van der Waals surface area contributed by atoms with E-state index in [-0.39, 0.29) is 0 Å². The highest BCUT2D eigenvalue weighted by Crippen LogP contribution is 2.28. The van der Waals surface area contributed by atoms with Gasteiger partial charge in [-0.05, 0) is 61.1 Å². The number of hydrogen-bond donors (Lipinski definition) is 1. The van der Waals surface area contributed by atoms with Crippen molar-refractivity contribution in [1.29, 1.82) is 5.41 Å². The van der Waals surface area contributed by atoms with Gasteiger partial charge >= 0.3 is 0 Å². The lowest BCUT2D eigenvalue weighted by Gasteiger charge is -2.07. The van der Waals surface area contributed by atoms with Gasteiger partial charge in [0.2, 0.25) is 5.62 Å². The minimum atomic E-state index is 0.484. The number of benzene rings is 3. The molecule has 0 spiro atoms. The van der Waals surface area contributed by atoms with Crippen LogP contribution in [0.5, 0.6) is 0 Å². The molecule has 3 nitrogen and oxygen atoms in total. The summed E-state index contributed by atoms with van der Waals surface area (Å²) in [4.78, 5) is 0. The maximum Gasteiger partial charge on any atom is 0.202 e. The Hall–Kier alpha value is -1.53. The monoisotopic (exact) mass is 593 g/mol. The van der Waals surface area contributed by atoms with Crippen LogP contribution in [0.3, 0.4) is 0 Å². The van der Waals surface area contributed by atoms with Crippen LogP contribution in [0.2, 0.25) is 10.0 Å². The molecule has 1 aromatic heterocycles. The zero-order valence-electron chi connectivity index (χ0n) is 17.4. The zero-order valence-corrected chi connectivity index (χ0v) is 22.1. The topological polar surface area (TPSA) is 33.7 Å². The first-order valence-corrected chi connectivity index (χ1v) is 12.9. The first kappa shape index (κ1) is 23.6. The number of fused-ring (bicyclic) bond motifs is 1. The second kappa shape index (κ2) is 10.6. The average Bonchev–Trinajstić information content (AvgIpc) is 3.02. The maximum atomic E-state index is 8.89. The quantitative estimate of drug-likeness (QED) is 0.214. The molecule has 0 saturated carbocycles. The van der Waals surface area contributed by atoms with Crippen molar-refractivity contribution < 1.29 is 0 Å². The number of imidazole rings is 1. The van der Waals surface area contributed by atoms with Crippen molar-refractivity contribution in [1.82, 2.24) is 9.13 Å². The van der Waals surface area contributed by atoms with Crippen molar-refractivity contribution in [2.45, 2.75) is 38.8 Å². The molecular weight excluding hydrogens is 573 g/mol. The summed E-state index contributed by atoms with van der Waals surface area (Å²) < 4.78 is 6.35. The highest BCUT2D eigenvalue weighted by Gasteiger charge is 2.14. The summed E-state index contributed by atoms with van der Waals surface area (Å²) >= 11 is 19.9. The van der Waals surface area contributed by atoms with E-state index in [0.29, 0.717) is 15.7 Å². The van der Waals surface area contributed by atoms with Crippen LogP contribution in [-0.2, 0) is 25.9 Å². The Morgan fingerprint density at radius 1 is 0.688 bits per heavy atom. The third kappa shape index (κ3) is 5.17. The van der Waals surface area contributed by atoms with Crippen LogP contribution in [-0.4, -0.2) is 9.13 Å². The molecule has 4 aromatic rings. The predicted molar refractivity (Wildman–Crippen MR) is 141 cm³/mol. The third-order valence-corrected chi connectivity index (χ3v) is 7.95. The molecule has 166 valence electrons. The van der Waals surface area contributed by atoms with Gasteiger partial charge in [0.05, 0.1) is 21.1 Å². The molecule has 4 rings (SSSR count). The molecule has 0 aliphatic heterocycles. The molecule has 0 bridgehead atoms. The largest absolute Gasteiger partial charge is 0.310 e. The molecule has 3 aromatic carbocycles. The van der Waals surface area contributed by atoms with Gasteiger partial charge in [-0.15, -0.1) is 0 Å². The Morgan fingerprint density at radius 3 is 1.50 bits per heavy atom. The molecule has 7 heteroatoms. The Kier molecular flexibility index (Phi) is 7.83. The standard InChI is InChI=1S/C25H23Br2Cl2N3/c26-19-11-3-1-7-17(19)9-5-13-31-23-15-21(28)22(29)16-24(23)32(25(31)30)14-6-10-18-8-2-4-12-20(18)27/h1-4,7-8,11-12,15-16,30H,5-6,9-10,13-14H2. The van der Waals surface area contributed by atoms with E-state index in [1.165, 1.54) is 11.1 Å². The first-order valence-electron chi connectivity index (χ1n) is 10.5. The Balaban J connectivity index is 1.57. The Morgan fingerprint density at radius 2 is 1.09 bits per heavy atom. The number of rotatable bonds is 8. The minimum absolute atomic E-state index is 0.484. The van der Waals surface area contributed by atoms with E-state index in [2.05, 4.69) is 68.3 Å². The van der Waals surface area contributed by atoms with Gasteiger partial charge in [-0.25, -0.2) is 0 Å². The van der Waals surface area contributed by atoms with Crippen LogP contribution in [0, 0.1) is 5.41 Å². The van der Waals surface area contributed by atoms with Crippen LogP contribution in [0.15, 0.2) is 69.6 Å². The van der Waals surface area contributed by atoms with Gasteiger partial charge in [-0.2, -0.15) is 0 Å². The van der Waals surface area contributed by atoms with Crippen molar-refractivity contribution in [3.05, 3.63) is 96.4 Å². The van der Waals surface area contributed by atoms with Crippen molar-refractivity contribution in [3.8, 4) is 0 Å². The molecule has 32 heavy (non-hydrogen) atoms. The molecule has 0 amide bonds. The summed E-state index contributed by atoms with van der Waals surface area (Å²) in [5, 5.41) is 9.92. The molecule has 1 N–H and O–H groups in total. The second-order valence-corrected chi connectivity index (χ2v) is 10.3. The predicted octanol–water partition coefficient (Wildman–Crippen LogP) is 8.02. The van der Waals surface area contributed by atoms with Crippen molar-refractivity contribution in [2.75, 3.05) is 0 Å². The lowest BCUT2D eigenvalue weighted by molar-refractivity contribution is 0.561. The van der Waals surface area contributed by atoms with Gasteiger partial charge in [0, 0.05) is 22.0 Å². The Labute approximate surface area is 214 Å². The summed E-state index contributed by atoms with van der Waals surface area (Å²) in [6.07, 6.45) is 3.72. The van der Waals surface area contributed by atoms with Crippen molar-refractivity contribution >= 4 is 66.1 Å². The SMILES string of the molecule is N=c1n(CCCc2ccccc2Br)c2cc(Cl)c(Cl)cc2n1CCCc1ccccc1Br. The van der Waals surface area contributed by atoms with Gasteiger partial charge in [0.1, 0.15) is 0 Å². The fourth-order valence-corrected chi connectivity index (χ4v) is 5.32. The summed E-state index contributed by atoms with van der Waals surface area (Å²) in [5.74, 6) is 0. The van der Waals surface area contributed by atoms with E-state index in [9.17, 15) is 0 Å². The smallest absolute Gasteiger partial charge is 0.202 e. The number of nitrogens with zero attached hydrogens (tertiary/aromatic N) is 2. The number of nitrogens with one attached hydrogen (secondary N) is 1. The summed E-state index contributed by atoms with van der Waals surface area (Å²) in [7, 11) is 0. The maximum absolute atomic E-state index is 8.89. The molecule has 0 aliphatic carbocycles. The van der Waals surface area contributed by atoms with Gasteiger partial charge in [0.15, 0.2) is 0 Å². The van der Waals surface area contributed by atoms with Crippen LogP contribution < -0.4 is 5.62 Å². The molecule has 0 radical (unpaired) electrons. The van der Waals surface area contributed by atoms with E-state index >= 15 is 0 Å². The lowest BCUT2D eigenvalue weighted by Crippen LogP contribution is -2.25. The van der Waals surface area contributed by atoms with Gasteiger partial charge in [0.25, 0.3) is 0 Å². The molecule has 0 unspecified atom stereocenters. The zero-order chi connectivity index (χ0) is 22.7. The fraction of sp³-hybridized carbons (Fsp3) is 0.240. The average molecular weight is 596 g/mol. The van der Waals surface area contributed by atoms with E-state index in [1.54, 1.807) is 0 Å². The van der Waals surface area contributed by atoms with E-state index in [1.807, 2.05) is 33.4 Å². The molecule has 0 saturated heterocycles. The molecule has 0 atom stereocenters. The lowest BCUT2D eigenvalue weighted by atomic mass is 10.1. The van der Waals surface area contributed by atoms with Crippen molar-refractivity contribution in [2.24, 2.45) is 0 Å². The summed E-state index contributed by atoms with van der Waals surface area (Å²) in [6, 6.07) is 20.4. The van der Waals surface area contributed by atoms with E-state index in [4.69, 9.17) is 28.6 Å². The third-order valence-electron chi connectivity index (χ3n) is 5.68. The van der Waals surface area contributed by atoms with Gasteiger partial charge < -0.3 is 9.13 Å². The second-order valence-electron chi connectivity index (χ2n) is 7.77. The molecule has 1 heterocycles. The number of aromatic nitrogens is 2. The molecule has 0 aliphatic rings. The first-order chi connectivity index (χ1) is 15.5. The molecule has 0 fully saturated rings. The highest BCUT2D eigenvalue weighted by molar-refractivity contribution is 9.10. The fourth-order valence-electron chi connectivity index (χ4n) is 4.04. The Bertz CT molecular complexity index is 1210. The van der Waals surface area contributed by atoms with E-state index < -0.39 is 0 Å². The summed E-state index contributed by atoms with van der Waals surface area (Å²) in [6.45, 7) is 1.48. The van der Waals surface area contributed by atoms with Gasteiger partial charge in [-0.3, -0.25) is 5.41 Å². The number of hydrogen-bond acceptors (Lipinski definition) is 1. The minimum Gasteiger partial charge on any atom is -0.310 e. The van der Waals surface area contributed by atoms with Crippen LogP contribution in [0.25, 0.3) is 11.0 Å². The van der Waals surface area contributed by atoms with E-state index in [0.717, 1.165) is 58.8 Å². The number of aryl methyl sites for hydroxylation is 4.